The molecule has 1 saturated heterocycles. The number of hydrogen-bond donors (Lipinski definition) is 1. The van der Waals surface area contributed by atoms with Crippen LogP contribution >= 0.6 is 11.3 Å². The number of aryl methyl sites for hydroxylation is 1. The summed E-state index contributed by atoms with van der Waals surface area (Å²) in [6.07, 6.45) is 2.01. The molecule has 0 spiro atoms. The maximum Gasteiger partial charge on any atom is 0.257 e. The minimum Gasteiger partial charge on any atom is -0.420 e. The van der Waals surface area contributed by atoms with Gasteiger partial charge < -0.3 is 10.2 Å². The summed E-state index contributed by atoms with van der Waals surface area (Å²) < 4.78 is 5.82. The Morgan fingerprint density at radius 2 is 2.38 bits per heavy atom. The van der Waals surface area contributed by atoms with Crippen LogP contribution in [0.15, 0.2) is 16.5 Å². The number of amides is 1. The molecule has 0 saturated carbocycles. The van der Waals surface area contributed by atoms with Gasteiger partial charge in [0.25, 0.3) is 5.89 Å². The molecule has 1 amide bonds. The van der Waals surface area contributed by atoms with Crippen LogP contribution in [0.25, 0.3) is 10.8 Å². The lowest BCUT2D eigenvalue weighted by molar-refractivity contribution is -0.119. The zero-order valence-electron chi connectivity index (χ0n) is 11.9. The van der Waals surface area contributed by atoms with E-state index < -0.39 is 0 Å². The fraction of sp³-hybridized carbons (Fsp3) is 0.500. The van der Waals surface area contributed by atoms with Crippen LogP contribution in [0, 0.1) is 6.92 Å². The highest BCUT2D eigenvalue weighted by Gasteiger charge is 2.26. The van der Waals surface area contributed by atoms with Gasteiger partial charge in [0, 0.05) is 11.4 Å². The van der Waals surface area contributed by atoms with Crippen LogP contribution in [-0.2, 0) is 4.79 Å². The van der Waals surface area contributed by atoms with Crippen molar-refractivity contribution >= 4 is 17.2 Å². The van der Waals surface area contributed by atoms with Gasteiger partial charge in [-0.15, -0.1) is 21.5 Å². The summed E-state index contributed by atoms with van der Waals surface area (Å²) in [5.74, 6) is 1.12. The fourth-order valence-corrected chi connectivity index (χ4v) is 3.46. The number of piperidine rings is 1. The van der Waals surface area contributed by atoms with Gasteiger partial charge in [-0.2, -0.15) is 0 Å². The number of carbonyl (C=O) groups is 1. The highest BCUT2D eigenvalue weighted by atomic mass is 32.1. The zero-order valence-corrected chi connectivity index (χ0v) is 12.7. The second kappa shape index (κ2) is 5.95. The molecule has 0 unspecified atom stereocenters. The predicted molar refractivity (Wildman–Crippen MR) is 80.0 cm³/mol. The van der Waals surface area contributed by atoms with Gasteiger partial charge in [-0.25, -0.2) is 0 Å². The number of thiophene rings is 1. The molecule has 0 radical (unpaired) electrons. The van der Waals surface area contributed by atoms with Crippen LogP contribution in [0.5, 0.6) is 0 Å². The lowest BCUT2D eigenvalue weighted by atomic mass is 9.98. The van der Waals surface area contributed by atoms with Crippen LogP contribution in [0.3, 0.4) is 0 Å². The van der Waals surface area contributed by atoms with Gasteiger partial charge >= 0.3 is 0 Å². The van der Waals surface area contributed by atoms with Crippen LogP contribution in [-0.4, -0.2) is 40.6 Å². The van der Waals surface area contributed by atoms with Crippen molar-refractivity contribution in [2.45, 2.75) is 25.7 Å². The Balaban J connectivity index is 1.72. The first-order valence-electron chi connectivity index (χ1n) is 7.02. The fourth-order valence-electron chi connectivity index (χ4n) is 2.67. The van der Waals surface area contributed by atoms with E-state index in [0.717, 1.165) is 30.8 Å². The van der Waals surface area contributed by atoms with Crippen LogP contribution in [0.1, 0.15) is 29.5 Å². The lowest BCUT2D eigenvalue weighted by Crippen LogP contribution is -2.40. The van der Waals surface area contributed by atoms with Crippen LogP contribution < -0.4 is 5.73 Å². The van der Waals surface area contributed by atoms with Crippen molar-refractivity contribution in [2.75, 3.05) is 19.6 Å². The summed E-state index contributed by atoms with van der Waals surface area (Å²) in [7, 11) is 0. The molecule has 1 aliphatic rings. The minimum atomic E-state index is -0.295. The van der Waals surface area contributed by atoms with Crippen molar-refractivity contribution in [3.05, 3.63) is 22.9 Å². The maximum absolute atomic E-state index is 11.0. The normalized spacial score (nSPS) is 19.8. The number of carbonyl (C=O) groups excluding carboxylic acids is 1. The van der Waals surface area contributed by atoms with E-state index in [1.165, 1.54) is 4.88 Å². The molecule has 2 aromatic rings. The summed E-state index contributed by atoms with van der Waals surface area (Å²) in [4.78, 5) is 15.3. The summed E-state index contributed by atoms with van der Waals surface area (Å²) in [5, 5.41) is 8.33. The quantitative estimate of drug-likeness (QED) is 0.930. The lowest BCUT2D eigenvalue weighted by Gasteiger charge is -2.29. The second-order valence-electron chi connectivity index (χ2n) is 5.40. The number of rotatable bonds is 4. The summed E-state index contributed by atoms with van der Waals surface area (Å²) >= 11 is 1.64. The Morgan fingerprint density at radius 1 is 1.52 bits per heavy atom. The van der Waals surface area contributed by atoms with E-state index in [1.54, 1.807) is 11.3 Å². The molecule has 0 aromatic carbocycles. The largest absolute Gasteiger partial charge is 0.420 e. The molecular formula is C14H18N4O2S. The third-order valence-corrected chi connectivity index (χ3v) is 4.61. The van der Waals surface area contributed by atoms with Crippen molar-refractivity contribution in [3.8, 4) is 10.8 Å². The minimum absolute atomic E-state index is 0.181. The Hall–Kier alpha value is -1.73. The van der Waals surface area contributed by atoms with Gasteiger partial charge in [-0.3, -0.25) is 9.69 Å². The highest BCUT2D eigenvalue weighted by Crippen LogP contribution is 2.31. The monoisotopic (exact) mass is 306 g/mol. The molecule has 1 aliphatic heterocycles. The first-order chi connectivity index (χ1) is 10.1. The number of primary amides is 1. The van der Waals surface area contributed by atoms with E-state index in [9.17, 15) is 4.79 Å². The number of aromatic nitrogens is 2. The number of nitrogens with zero attached hydrogens (tertiary/aromatic N) is 3. The van der Waals surface area contributed by atoms with Crippen LogP contribution in [0.4, 0.5) is 0 Å². The molecule has 21 heavy (non-hydrogen) atoms. The van der Waals surface area contributed by atoms with Gasteiger partial charge in [-0.05, 0) is 38.4 Å². The van der Waals surface area contributed by atoms with E-state index in [0.29, 0.717) is 18.3 Å². The highest BCUT2D eigenvalue weighted by molar-refractivity contribution is 7.15. The smallest absolute Gasteiger partial charge is 0.257 e. The molecule has 0 aliphatic carbocycles. The maximum atomic E-state index is 11.0. The molecule has 0 bridgehead atoms. The SMILES string of the molecule is Cc1ccc(-c2nnc([C@@H]3CCCN(CC(N)=O)C3)o2)s1. The van der Waals surface area contributed by atoms with Crippen LogP contribution in [0.2, 0.25) is 0 Å². The number of likely N-dealkylation sites (tertiary alicyclic amines) is 1. The van der Waals surface area contributed by atoms with Gasteiger partial charge in [0.1, 0.15) is 0 Å². The molecular weight excluding hydrogens is 288 g/mol. The topological polar surface area (TPSA) is 85.3 Å². The average Bonchev–Trinajstić information content (AvgIpc) is 3.06. The molecule has 3 rings (SSSR count). The van der Waals surface area contributed by atoms with E-state index >= 15 is 0 Å². The Kier molecular flexibility index (Phi) is 4.03. The van der Waals surface area contributed by atoms with Gasteiger partial charge in [-0.1, -0.05) is 0 Å². The molecule has 112 valence electrons. The van der Waals surface area contributed by atoms with Crippen molar-refractivity contribution in [1.82, 2.24) is 15.1 Å². The second-order valence-corrected chi connectivity index (χ2v) is 6.68. The Bertz CT molecular complexity index is 636. The van der Waals surface area contributed by atoms with Crippen molar-refractivity contribution in [1.29, 1.82) is 0 Å². The molecule has 2 N–H and O–H groups in total. The molecule has 1 atom stereocenters. The summed E-state index contributed by atoms with van der Waals surface area (Å²) in [5.41, 5.74) is 5.26. The van der Waals surface area contributed by atoms with E-state index in [4.69, 9.17) is 10.2 Å². The molecule has 6 nitrogen and oxygen atoms in total. The summed E-state index contributed by atoms with van der Waals surface area (Å²) in [6.45, 7) is 3.98. The van der Waals surface area contributed by atoms with E-state index in [1.807, 2.05) is 19.1 Å². The Labute approximate surface area is 127 Å². The first kappa shape index (κ1) is 14.2. The average molecular weight is 306 g/mol. The van der Waals surface area contributed by atoms with Gasteiger partial charge in [0.2, 0.25) is 11.8 Å². The van der Waals surface area contributed by atoms with Gasteiger partial charge in [0.15, 0.2) is 0 Å². The first-order valence-corrected chi connectivity index (χ1v) is 7.84. The standard InChI is InChI=1S/C14H18N4O2S/c1-9-4-5-11(21-9)14-17-16-13(20-14)10-3-2-6-18(7-10)8-12(15)19/h4-5,10H,2-3,6-8H2,1H3,(H2,15,19)/t10-/m1/s1. The molecule has 1 fully saturated rings. The number of nitrogens with two attached hydrogens (primary N) is 1. The van der Waals surface area contributed by atoms with Crippen molar-refractivity contribution in [2.24, 2.45) is 5.73 Å². The zero-order chi connectivity index (χ0) is 14.8. The molecule has 2 aromatic heterocycles. The van der Waals surface area contributed by atoms with E-state index in [-0.39, 0.29) is 11.8 Å². The third kappa shape index (κ3) is 3.30. The number of hydrogen-bond acceptors (Lipinski definition) is 6. The Morgan fingerprint density at radius 3 is 3.10 bits per heavy atom. The summed E-state index contributed by atoms with van der Waals surface area (Å²) in [6, 6.07) is 4.04. The van der Waals surface area contributed by atoms with Gasteiger partial charge in [0.05, 0.1) is 17.3 Å². The van der Waals surface area contributed by atoms with Crippen molar-refractivity contribution < 1.29 is 9.21 Å². The predicted octanol–water partition coefficient (Wildman–Crippen LogP) is 1.77. The molecule has 3 heterocycles. The van der Waals surface area contributed by atoms with Crippen molar-refractivity contribution in [3.63, 3.8) is 0 Å². The molecule has 7 heteroatoms. The van der Waals surface area contributed by atoms with E-state index in [2.05, 4.69) is 15.1 Å². The third-order valence-electron chi connectivity index (χ3n) is 3.63.